The second-order valence-corrected chi connectivity index (χ2v) is 7.32. The van der Waals surface area contributed by atoms with E-state index in [2.05, 4.69) is 10.3 Å². The number of aromatic nitrogens is 1. The van der Waals surface area contributed by atoms with Crippen molar-refractivity contribution in [3.63, 3.8) is 0 Å². The van der Waals surface area contributed by atoms with E-state index in [9.17, 15) is 14.7 Å². The zero-order valence-electron chi connectivity index (χ0n) is 14.0. The Morgan fingerprint density at radius 3 is 2.52 bits per heavy atom. The van der Waals surface area contributed by atoms with Gasteiger partial charge in [-0.25, -0.2) is 0 Å². The van der Waals surface area contributed by atoms with Crippen molar-refractivity contribution in [1.29, 1.82) is 0 Å². The maximum absolute atomic E-state index is 12.7. The first-order valence-corrected chi connectivity index (χ1v) is 9.06. The molecule has 0 aliphatic heterocycles. The summed E-state index contributed by atoms with van der Waals surface area (Å²) >= 11 is 12.2. The van der Waals surface area contributed by atoms with Gasteiger partial charge < -0.3 is 21.1 Å². The monoisotopic (exact) mass is 403 g/mol. The zero-order valence-corrected chi connectivity index (χ0v) is 15.5. The van der Waals surface area contributed by atoms with Gasteiger partial charge in [-0.15, -0.1) is 0 Å². The predicted octanol–water partition coefficient (Wildman–Crippen LogP) is 3.68. The largest absolute Gasteiger partial charge is 0.503 e. The Bertz CT molecular complexity index is 1130. The van der Waals surface area contributed by atoms with Gasteiger partial charge in [-0.1, -0.05) is 29.3 Å². The van der Waals surface area contributed by atoms with Gasteiger partial charge in [0.15, 0.2) is 5.75 Å². The number of anilines is 1. The van der Waals surface area contributed by atoms with Crippen LogP contribution in [-0.4, -0.2) is 22.0 Å². The molecule has 0 radical (unpaired) electrons. The van der Waals surface area contributed by atoms with Gasteiger partial charge in [0.1, 0.15) is 0 Å². The van der Waals surface area contributed by atoms with E-state index < -0.39 is 11.2 Å². The van der Waals surface area contributed by atoms with Crippen molar-refractivity contribution >= 4 is 45.7 Å². The minimum Gasteiger partial charge on any atom is -0.503 e. The topological polar surface area (TPSA) is 108 Å². The van der Waals surface area contributed by atoms with Crippen molar-refractivity contribution in [3.05, 3.63) is 56.2 Å². The van der Waals surface area contributed by atoms with Gasteiger partial charge in [-0.2, -0.15) is 0 Å². The summed E-state index contributed by atoms with van der Waals surface area (Å²) in [5, 5.41) is 13.9. The summed E-state index contributed by atoms with van der Waals surface area (Å²) in [6.07, 6.45) is 1.89. The maximum Gasteiger partial charge on any atom is 0.253 e. The van der Waals surface area contributed by atoms with E-state index in [0.717, 1.165) is 12.8 Å². The van der Waals surface area contributed by atoms with Crippen LogP contribution < -0.4 is 16.5 Å². The summed E-state index contributed by atoms with van der Waals surface area (Å²) in [5.41, 5.74) is 6.51. The number of hydrogen-bond donors (Lipinski definition) is 4. The lowest BCUT2D eigenvalue weighted by molar-refractivity contribution is 0.0952. The summed E-state index contributed by atoms with van der Waals surface area (Å²) in [5.74, 6) is -0.761. The van der Waals surface area contributed by atoms with Gasteiger partial charge in [0.25, 0.3) is 5.91 Å². The van der Waals surface area contributed by atoms with Crippen LogP contribution in [0.3, 0.4) is 0 Å². The summed E-state index contributed by atoms with van der Waals surface area (Å²) in [6, 6.07) is 7.94. The molecule has 4 rings (SSSR count). The molecule has 0 saturated heterocycles. The molecule has 5 N–H and O–H groups in total. The van der Waals surface area contributed by atoms with Crippen LogP contribution >= 0.6 is 23.2 Å². The Morgan fingerprint density at radius 2 is 1.89 bits per heavy atom. The van der Waals surface area contributed by atoms with Crippen molar-refractivity contribution < 1.29 is 9.90 Å². The molecule has 1 aliphatic rings. The Hall–Kier alpha value is -2.70. The number of nitrogen functional groups attached to an aromatic ring is 1. The van der Waals surface area contributed by atoms with Crippen molar-refractivity contribution in [2.24, 2.45) is 0 Å². The quantitative estimate of drug-likeness (QED) is 0.500. The normalized spacial score (nSPS) is 13.7. The van der Waals surface area contributed by atoms with Crippen LogP contribution in [0.2, 0.25) is 10.0 Å². The number of hydrogen-bond acceptors (Lipinski definition) is 4. The van der Waals surface area contributed by atoms with E-state index in [1.165, 1.54) is 12.1 Å². The summed E-state index contributed by atoms with van der Waals surface area (Å²) in [6.45, 7) is 0. The van der Waals surface area contributed by atoms with E-state index in [-0.39, 0.29) is 38.8 Å². The molecule has 6 nitrogen and oxygen atoms in total. The molecule has 1 fully saturated rings. The number of fused-ring (bicyclic) bond motifs is 1. The SMILES string of the molecule is Nc1c(Cl)cc(-c2[nH]c3c(C(=O)NC4CC4)cccc3c(=O)c2O)cc1Cl. The predicted molar refractivity (Wildman–Crippen MR) is 107 cm³/mol. The van der Waals surface area contributed by atoms with Gasteiger partial charge >= 0.3 is 0 Å². The number of aromatic amines is 1. The number of carbonyl (C=O) groups excluding carboxylic acids is 1. The molecular weight excluding hydrogens is 389 g/mol. The average Bonchev–Trinajstić information content (AvgIpc) is 3.45. The van der Waals surface area contributed by atoms with Gasteiger partial charge in [-0.3, -0.25) is 9.59 Å². The lowest BCUT2D eigenvalue weighted by atomic mass is 10.0. The van der Waals surface area contributed by atoms with Crippen molar-refractivity contribution in [3.8, 4) is 17.0 Å². The smallest absolute Gasteiger partial charge is 0.253 e. The zero-order chi connectivity index (χ0) is 19.3. The highest BCUT2D eigenvalue weighted by molar-refractivity contribution is 6.39. The summed E-state index contributed by atoms with van der Waals surface area (Å²) < 4.78 is 0. The first kappa shape index (κ1) is 17.7. The number of aromatic hydroxyl groups is 1. The second kappa shape index (κ2) is 6.48. The molecule has 2 aromatic carbocycles. The first-order chi connectivity index (χ1) is 12.9. The van der Waals surface area contributed by atoms with Crippen molar-refractivity contribution in [1.82, 2.24) is 10.3 Å². The maximum atomic E-state index is 12.7. The number of carbonyl (C=O) groups is 1. The van der Waals surface area contributed by atoms with Gasteiger partial charge in [0, 0.05) is 11.6 Å². The molecule has 27 heavy (non-hydrogen) atoms. The second-order valence-electron chi connectivity index (χ2n) is 6.51. The van der Waals surface area contributed by atoms with Crippen LogP contribution in [0.15, 0.2) is 35.1 Å². The molecule has 0 bridgehead atoms. The number of pyridine rings is 1. The van der Waals surface area contributed by atoms with E-state index in [4.69, 9.17) is 28.9 Å². The van der Waals surface area contributed by atoms with Crippen LogP contribution in [0.25, 0.3) is 22.2 Å². The first-order valence-electron chi connectivity index (χ1n) is 8.30. The third kappa shape index (κ3) is 3.11. The molecule has 0 unspecified atom stereocenters. The van der Waals surface area contributed by atoms with Crippen LogP contribution in [0.1, 0.15) is 23.2 Å². The lowest BCUT2D eigenvalue weighted by Crippen LogP contribution is -2.26. The molecule has 138 valence electrons. The minimum atomic E-state index is -0.594. The molecule has 1 saturated carbocycles. The number of H-pyrrole nitrogens is 1. The highest BCUT2D eigenvalue weighted by Crippen LogP contribution is 2.36. The molecule has 8 heteroatoms. The van der Waals surface area contributed by atoms with Crippen molar-refractivity contribution in [2.75, 3.05) is 5.73 Å². The number of amides is 1. The number of para-hydroxylation sites is 1. The molecule has 0 spiro atoms. The van der Waals surface area contributed by atoms with Crippen molar-refractivity contribution in [2.45, 2.75) is 18.9 Å². The number of nitrogens with one attached hydrogen (secondary N) is 2. The van der Waals surface area contributed by atoms with E-state index >= 15 is 0 Å². The van der Waals surface area contributed by atoms with Crippen LogP contribution in [0.5, 0.6) is 5.75 Å². The van der Waals surface area contributed by atoms with E-state index in [1.807, 2.05) is 0 Å². The standard InChI is InChI=1S/C19H15Cl2N3O3/c20-12-6-8(7-13(21)14(12)22)15-18(26)17(25)10-2-1-3-11(16(10)24-15)19(27)23-9-4-5-9/h1-3,6-7,9,26H,4-5,22H2,(H,23,27)(H,24,25). The molecular formula is C19H15Cl2N3O3. The highest BCUT2D eigenvalue weighted by Gasteiger charge is 2.25. The Labute approximate surface area is 163 Å². The van der Waals surface area contributed by atoms with E-state index in [1.54, 1.807) is 18.2 Å². The average molecular weight is 404 g/mol. The van der Waals surface area contributed by atoms with Gasteiger partial charge in [0.05, 0.1) is 37.9 Å². The molecule has 3 aromatic rings. The fourth-order valence-electron chi connectivity index (χ4n) is 2.92. The van der Waals surface area contributed by atoms with Gasteiger partial charge in [-0.05, 0) is 37.1 Å². The molecule has 1 amide bonds. The van der Waals surface area contributed by atoms with Crippen LogP contribution in [0, 0.1) is 0 Å². The third-order valence-corrected chi connectivity index (χ3v) is 5.16. The van der Waals surface area contributed by atoms with E-state index in [0.29, 0.717) is 16.6 Å². The highest BCUT2D eigenvalue weighted by atomic mass is 35.5. The number of benzene rings is 2. The third-order valence-electron chi connectivity index (χ3n) is 4.54. The minimum absolute atomic E-state index is 0.114. The van der Waals surface area contributed by atoms with Crippen LogP contribution in [0.4, 0.5) is 5.69 Å². The molecule has 1 aliphatic carbocycles. The summed E-state index contributed by atoms with van der Waals surface area (Å²) in [4.78, 5) is 28.2. The summed E-state index contributed by atoms with van der Waals surface area (Å²) in [7, 11) is 0. The number of halogens is 2. The Balaban J connectivity index is 1.95. The van der Waals surface area contributed by atoms with Crippen LogP contribution in [-0.2, 0) is 0 Å². The molecule has 0 atom stereocenters. The lowest BCUT2D eigenvalue weighted by Gasteiger charge is -2.12. The van der Waals surface area contributed by atoms with Gasteiger partial charge in [0.2, 0.25) is 5.43 Å². The number of rotatable bonds is 3. The number of nitrogens with two attached hydrogens (primary N) is 1. The fourth-order valence-corrected chi connectivity index (χ4v) is 3.41. The Kier molecular flexibility index (Phi) is 4.25. The fraction of sp³-hybridized carbons (Fsp3) is 0.158. The molecule has 1 heterocycles. The molecule has 1 aromatic heterocycles. The Morgan fingerprint density at radius 1 is 1.22 bits per heavy atom.